The Bertz CT molecular complexity index is 1310. The molecule has 6 aliphatic rings. The number of fused-ring (bicyclic) bond motifs is 2. The van der Waals surface area contributed by atoms with Crippen LogP contribution in [0.5, 0.6) is 11.5 Å². The van der Waals surface area contributed by atoms with Crippen LogP contribution in [-0.4, -0.2) is 56.6 Å². The minimum atomic E-state index is -0.514. The Morgan fingerprint density at radius 3 is 2.61 bits per heavy atom. The van der Waals surface area contributed by atoms with Crippen LogP contribution in [0.3, 0.4) is 0 Å². The maximum absolute atomic E-state index is 10.4. The Morgan fingerprint density at radius 1 is 1.07 bits per heavy atom. The molecule has 7 atom stereocenters. The number of benzene rings is 2. The fourth-order valence-electron chi connectivity index (χ4n) is 9.65. The van der Waals surface area contributed by atoms with E-state index in [1.807, 2.05) is 13.2 Å². The second kappa shape index (κ2) is 10.6. The lowest BCUT2D eigenvalue weighted by Crippen LogP contribution is -2.75. The van der Waals surface area contributed by atoms with Crippen LogP contribution in [0.25, 0.3) is 0 Å². The molecule has 0 aromatic heterocycles. The molecule has 0 amide bonds. The van der Waals surface area contributed by atoms with Crippen LogP contribution in [0, 0.1) is 34.5 Å². The summed E-state index contributed by atoms with van der Waals surface area (Å²) in [5, 5.41) is 10.4. The van der Waals surface area contributed by atoms with E-state index in [0.717, 1.165) is 49.6 Å². The zero-order valence-electron chi connectivity index (χ0n) is 24.8. The Labute approximate surface area is 244 Å². The van der Waals surface area contributed by atoms with E-state index in [4.69, 9.17) is 18.9 Å². The van der Waals surface area contributed by atoms with Crippen molar-refractivity contribution in [1.82, 2.24) is 4.90 Å². The first-order valence-corrected chi connectivity index (χ1v) is 15.8. The van der Waals surface area contributed by atoms with Crippen molar-refractivity contribution < 1.29 is 18.9 Å². The van der Waals surface area contributed by atoms with Gasteiger partial charge in [-0.3, -0.25) is 4.90 Å². The van der Waals surface area contributed by atoms with Crippen molar-refractivity contribution in [1.29, 1.82) is 5.26 Å². The lowest BCUT2D eigenvalue weighted by Gasteiger charge is -2.69. The molecule has 5 aliphatic carbocycles. The molecular formula is C35H44N2O4. The highest BCUT2D eigenvalue weighted by molar-refractivity contribution is 5.60. The van der Waals surface area contributed by atoms with Gasteiger partial charge in [0.25, 0.3) is 0 Å². The molecule has 1 aliphatic heterocycles. The molecule has 4 saturated carbocycles. The second-order valence-corrected chi connectivity index (χ2v) is 13.2. The van der Waals surface area contributed by atoms with Crippen molar-refractivity contribution in [3.05, 3.63) is 59.2 Å². The third-order valence-corrected chi connectivity index (χ3v) is 11.4. The number of nitriles is 1. The quantitative estimate of drug-likeness (QED) is 0.314. The van der Waals surface area contributed by atoms with Gasteiger partial charge in [0.15, 0.2) is 11.5 Å². The van der Waals surface area contributed by atoms with Gasteiger partial charge in [0.05, 0.1) is 26.4 Å². The molecule has 6 heteroatoms. The van der Waals surface area contributed by atoms with E-state index in [2.05, 4.69) is 54.3 Å². The van der Waals surface area contributed by atoms with E-state index >= 15 is 0 Å². The molecule has 2 aromatic carbocycles. The standard InChI is InChI=1S/C35H44N2O4/c1-4-18-37(20-23-10-11-23)29-19-25-12-13-28(38-2)32-30(25)31-33(41-32)35(39-3)16-15-34(29,31)26(14-17-36)27(35)22-40-21-24-8-6-5-7-9-24/h5-9,12-13,23,26-27,29,31,33H,4,10-11,14-16,18-22H2,1-3H3/t26-,27-,29+,31?,33+,34+,35+/m0/s1. The topological polar surface area (TPSA) is 64.0 Å². The minimum Gasteiger partial charge on any atom is -0.493 e. The first kappa shape index (κ1) is 27.3. The van der Waals surface area contributed by atoms with Crippen molar-refractivity contribution in [2.24, 2.45) is 23.2 Å². The highest BCUT2D eigenvalue weighted by Gasteiger charge is 2.76. The zero-order valence-corrected chi connectivity index (χ0v) is 24.8. The maximum atomic E-state index is 10.4. The molecule has 218 valence electrons. The van der Waals surface area contributed by atoms with Crippen molar-refractivity contribution in [3.63, 3.8) is 0 Å². The van der Waals surface area contributed by atoms with Crippen LogP contribution in [0.15, 0.2) is 42.5 Å². The van der Waals surface area contributed by atoms with Crippen molar-refractivity contribution in [2.45, 2.75) is 82.1 Å². The summed E-state index contributed by atoms with van der Waals surface area (Å²) >= 11 is 0. The lowest BCUT2D eigenvalue weighted by molar-refractivity contribution is -0.270. The summed E-state index contributed by atoms with van der Waals surface area (Å²) in [5.41, 5.74) is 3.31. The maximum Gasteiger partial charge on any atom is 0.165 e. The predicted octanol–water partition coefficient (Wildman–Crippen LogP) is 6.13. The number of hydrogen-bond donors (Lipinski definition) is 0. The molecule has 4 fully saturated rings. The molecule has 0 N–H and O–H groups in total. The summed E-state index contributed by atoms with van der Waals surface area (Å²) in [5.74, 6) is 2.96. The summed E-state index contributed by atoms with van der Waals surface area (Å²) in [7, 11) is 3.59. The fourth-order valence-corrected chi connectivity index (χ4v) is 9.65. The molecule has 8 rings (SSSR count). The van der Waals surface area contributed by atoms with Gasteiger partial charge in [-0.15, -0.1) is 0 Å². The number of hydrogen-bond acceptors (Lipinski definition) is 6. The monoisotopic (exact) mass is 556 g/mol. The molecule has 6 nitrogen and oxygen atoms in total. The third-order valence-electron chi connectivity index (χ3n) is 11.4. The van der Waals surface area contributed by atoms with Crippen molar-refractivity contribution >= 4 is 0 Å². The fraction of sp³-hybridized carbons (Fsp3) is 0.629. The summed E-state index contributed by atoms with van der Waals surface area (Å²) in [4.78, 5) is 2.83. The van der Waals surface area contributed by atoms with Gasteiger partial charge in [-0.1, -0.05) is 43.3 Å². The predicted molar refractivity (Wildman–Crippen MR) is 157 cm³/mol. The molecular weight excluding hydrogens is 512 g/mol. The minimum absolute atomic E-state index is 0.0691. The summed E-state index contributed by atoms with van der Waals surface area (Å²) in [6, 6.07) is 17.8. The van der Waals surface area contributed by atoms with Crippen molar-refractivity contribution in [2.75, 3.05) is 33.9 Å². The summed E-state index contributed by atoms with van der Waals surface area (Å²) in [6.07, 6.45) is 7.22. The van der Waals surface area contributed by atoms with E-state index in [0.29, 0.717) is 25.7 Å². The van der Waals surface area contributed by atoms with E-state index in [-0.39, 0.29) is 29.3 Å². The van der Waals surface area contributed by atoms with Gasteiger partial charge in [0.1, 0.15) is 11.7 Å². The van der Waals surface area contributed by atoms with Crippen LogP contribution in [-0.2, 0) is 22.5 Å². The Balaban J connectivity index is 1.35. The first-order valence-electron chi connectivity index (χ1n) is 15.8. The van der Waals surface area contributed by atoms with E-state index in [1.165, 1.54) is 36.1 Å². The number of nitrogens with zero attached hydrogens (tertiary/aromatic N) is 2. The van der Waals surface area contributed by atoms with Gasteiger partial charge in [0.2, 0.25) is 0 Å². The average Bonchev–Trinajstić information content (AvgIpc) is 3.72. The molecule has 1 unspecified atom stereocenters. The van der Waals surface area contributed by atoms with Crippen LogP contribution in [0.2, 0.25) is 0 Å². The van der Waals surface area contributed by atoms with Crippen LogP contribution in [0.1, 0.15) is 68.1 Å². The first-order chi connectivity index (χ1) is 20.1. The molecule has 2 aromatic rings. The van der Waals surface area contributed by atoms with Gasteiger partial charge in [-0.25, -0.2) is 0 Å². The Hall–Kier alpha value is -2.59. The van der Waals surface area contributed by atoms with E-state index in [9.17, 15) is 5.26 Å². The molecule has 1 spiro atoms. The van der Waals surface area contributed by atoms with Gasteiger partial charge >= 0.3 is 0 Å². The van der Waals surface area contributed by atoms with Gasteiger partial charge in [-0.2, -0.15) is 5.26 Å². The van der Waals surface area contributed by atoms with Gasteiger partial charge in [-0.05, 0) is 74.1 Å². The van der Waals surface area contributed by atoms with Crippen LogP contribution in [0.4, 0.5) is 0 Å². The summed E-state index contributed by atoms with van der Waals surface area (Å²) in [6.45, 7) is 5.70. The smallest absolute Gasteiger partial charge is 0.165 e. The second-order valence-electron chi connectivity index (χ2n) is 13.2. The SMILES string of the molecule is CCCN(CC1CC1)[C@@H]1Cc2ccc(OC)c3c2C2[C@@H](O3)[C@@]3(OC)CC[C@]21[C@@H](CC#N)[C@@H]3COCc1ccccc1. The lowest BCUT2D eigenvalue weighted by atomic mass is 9.38. The molecule has 0 radical (unpaired) electrons. The van der Waals surface area contributed by atoms with E-state index < -0.39 is 5.60 Å². The molecule has 0 saturated heterocycles. The van der Waals surface area contributed by atoms with E-state index in [1.54, 1.807) is 7.11 Å². The number of rotatable bonds is 12. The van der Waals surface area contributed by atoms with Crippen LogP contribution >= 0.6 is 0 Å². The van der Waals surface area contributed by atoms with Gasteiger partial charge < -0.3 is 18.9 Å². The highest BCUT2D eigenvalue weighted by Crippen LogP contribution is 2.74. The molecule has 41 heavy (non-hydrogen) atoms. The Kier molecular flexibility index (Phi) is 7.04. The average molecular weight is 557 g/mol. The Morgan fingerprint density at radius 2 is 1.90 bits per heavy atom. The largest absolute Gasteiger partial charge is 0.493 e. The summed E-state index contributed by atoms with van der Waals surface area (Å²) < 4.78 is 26.1. The third kappa shape index (κ3) is 4.07. The molecule has 1 heterocycles. The highest BCUT2D eigenvalue weighted by atomic mass is 16.6. The molecule has 2 bridgehead atoms. The van der Waals surface area contributed by atoms with Crippen LogP contribution < -0.4 is 9.47 Å². The van der Waals surface area contributed by atoms with Gasteiger partial charge in [0, 0.05) is 48.9 Å². The normalized spacial score (nSPS) is 34.3. The van der Waals surface area contributed by atoms with Crippen molar-refractivity contribution in [3.8, 4) is 17.6 Å². The number of ether oxygens (including phenoxy) is 4. The zero-order chi connectivity index (χ0) is 28.2. The number of methoxy groups -OCH3 is 2.